The van der Waals surface area contributed by atoms with Gasteiger partial charge in [-0.15, -0.1) is 0 Å². The fourth-order valence-electron chi connectivity index (χ4n) is 3.21. The summed E-state index contributed by atoms with van der Waals surface area (Å²) < 4.78 is 38.5. The Labute approximate surface area is 201 Å². The minimum atomic E-state index is -4.03. The molecule has 4 rings (SSSR count). The van der Waals surface area contributed by atoms with Gasteiger partial charge < -0.3 is 19.7 Å². The third-order valence-electron chi connectivity index (χ3n) is 4.97. The number of methoxy groups -OCH3 is 1. The van der Waals surface area contributed by atoms with Gasteiger partial charge >= 0.3 is 0 Å². The second kappa shape index (κ2) is 10.3. The molecule has 3 N–H and O–H groups in total. The van der Waals surface area contributed by atoms with Crippen LogP contribution in [0.2, 0.25) is 0 Å². The molecule has 1 amide bonds. The number of hydrogen-bond donors (Lipinski definition) is 3. The largest absolute Gasteiger partial charge is 0.506 e. The number of phenolic OH excluding ortho intramolecular Hbond substituents is 1. The number of nitrogens with zero attached hydrogens (tertiary/aromatic N) is 2. The van der Waals surface area contributed by atoms with Crippen molar-refractivity contribution in [2.24, 2.45) is 0 Å². The van der Waals surface area contributed by atoms with Crippen LogP contribution in [0.5, 0.6) is 11.5 Å². The zero-order chi connectivity index (χ0) is 24.8. The van der Waals surface area contributed by atoms with Crippen molar-refractivity contribution in [3.63, 3.8) is 0 Å². The van der Waals surface area contributed by atoms with Gasteiger partial charge in [0.05, 0.1) is 23.4 Å². The minimum Gasteiger partial charge on any atom is -0.506 e. The van der Waals surface area contributed by atoms with Crippen LogP contribution in [-0.4, -0.2) is 36.7 Å². The lowest BCUT2D eigenvalue weighted by Crippen LogP contribution is -2.16. The molecule has 0 aliphatic rings. The van der Waals surface area contributed by atoms with Gasteiger partial charge in [0.15, 0.2) is 0 Å². The standard InChI is InChI=1S/C24H22N4O6S/c1-33-21-10-6-5-9-18(21)28-35(31,32)17-11-12-20(29)19(15-17)25-22(30)13-14-23-26-24(27-34-23)16-7-3-2-4-8-16/h2-12,15,28-29H,13-14H2,1H3,(H,25,30). The van der Waals surface area contributed by atoms with Crippen LogP contribution in [0, 0.1) is 0 Å². The van der Waals surface area contributed by atoms with E-state index >= 15 is 0 Å². The summed E-state index contributed by atoms with van der Waals surface area (Å²) in [6.07, 6.45) is 0.145. The first-order valence-electron chi connectivity index (χ1n) is 10.5. The lowest BCUT2D eigenvalue weighted by atomic mass is 10.2. The Hall–Kier alpha value is -4.38. The molecular formula is C24H22N4O6S. The molecule has 0 radical (unpaired) electrons. The van der Waals surface area contributed by atoms with Gasteiger partial charge in [0.25, 0.3) is 10.0 Å². The maximum absolute atomic E-state index is 12.9. The van der Waals surface area contributed by atoms with Crippen LogP contribution < -0.4 is 14.8 Å². The number of carbonyl (C=O) groups is 1. The van der Waals surface area contributed by atoms with Crippen molar-refractivity contribution in [1.29, 1.82) is 0 Å². The highest BCUT2D eigenvalue weighted by Gasteiger charge is 2.19. The lowest BCUT2D eigenvalue weighted by Gasteiger charge is -2.13. The van der Waals surface area contributed by atoms with Crippen molar-refractivity contribution in [3.05, 3.63) is 78.7 Å². The molecule has 0 saturated carbocycles. The van der Waals surface area contributed by atoms with Gasteiger partial charge in [-0.25, -0.2) is 8.42 Å². The SMILES string of the molecule is COc1ccccc1NS(=O)(=O)c1ccc(O)c(NC(=O)CCc2nc(-c3ccccc3)no2)c1. The Morgan fingerprint density at radius 2 is 1.77 bits per heavy atom. The van der Waals surface area contributed by atoms with Crippen LogP contribution in [-0.2, 0) is 21.2 Å². The number of para-hydroxylation sites is 2. The Morgan fingerprint density at radius 3 is 2.54 bits per heavy atom. The number of aromatic hydroxyl groups is 1. The van der Waals surface area contributed by atoms with Crippen LogP contribution in [0.4, 0.5) is 11.4 Å². The zero-order valence-electron chi connectivity index (χ0n) is 18.6. The maximum atomic E-state index is 12.9. The van der Waals surface area contributed by atoms with Crippen LogP contribution in [0.3, 0.4) is 0 Å². The van der Waals surface area contributed by atoms with Crippen molar-refractivity contribution < 1.29 is 27.6 Å². The monoisotopic (exact) mass is 494 g/mol. The first kappa shape index (κ1) is 23.8. The van der Waals surface area contributed by atoms with E-state index in [0.717, 1.165) is 5.56 Å². The summed E-state index contributed by atoms with van der Waals surface area (Å²) >= 11 is 0. The predicted octanol–water partition coefficient (Wildman–Crippen LogP) is 3.82. The van der Waals surface area contributed by atoms with Crippen molar-refractivity contribution in [2.75, 3.05) is 17.1 Å². The highest BCUT2D eigenvalue weighted by atomic mass is 32.2. The zero-order valence-corrected chi connectivity index (χ0v) is 19.5. The first-order valence-corrected chi connectivity index (χ1v) is 12.0. The lowest BCUT2D eigenvalue weighted by molar-refractivity contribution is -0.116. The van der Waals surface area contributed by atoms with Crippen molar-refractivity contribution in [3.8, 4) is 22.9 Å². The summed E-state index contributed by atoms with van der Waals surface area (Å²) in [5.41, 5.74) is 0.994. The Bertz CT molecular complexity index is 1440. The Kier molecular flexibility index (Phi) is 6.97. The molecule has 4 aromatic rings. The van der Waals surface area contributed by atoms with E-state index in [1.165, 1.54) is 25.3 Å². The van der Waals surface area contributed by atoms with E-state index in [1.54, 1.807) is 24.3 Å². The average Bonchev–Trinajstić information content (AvgIpc) is 3.34. The van der Waals surface area contributed by atoms with Crippen LogP contribution >= 0.6 is 0 Å². The molecule has 0 saturated heterocycles. The number of aromatic nitrogens is 2. The molecule has 0 aliphatic carbocycles. The average molecular weight is 495 g/mol. The number of carbonyl (C=O) groups excluding carboxylic acids is 1. The molecule has 180 valence electrons. The van der Waals surface area contributed by atoms with Gasteiger partial charge in [0.1, 0.15) is 11.5 Å². The number of hydrogen-bond acceptors (Lipinski definition) is 8. The Morgan fingerprint density at radius 1 is 1.03 bits per heavy atom. The fourth-order valence-corrected chi connectivity index (χ4v) is 4.31. The number of phenols is 1. The normalized spacial score (nSPS) is 11.1. The van der Waals surface area contributed by atoms with E-state index in [0.29, 0.717) is 11.6 Å². The molecule has 0 bridgehead atoms. The minimum absolute atomic E-state index is 0.0215. The van der Waals surface area contributed by atoms with E-state index in [1.807, 2.05) is 30.3 Å². The van der Waals surface area contributed by atoms with E-state index in [-0.39, 0.29) is 40.8 Å². The van der Waals surface area contributed by atoms with Gasteiger partial charge in [-0.3, -0.25) is 9.52 Å². The number of anilines is 2. The molecule has 3 aromatic carbocycles. The predicted molar refractivity (Wildman–Crippen MR) is 129 cm³/mol. The molecule has 0 spiro atoms. The second-order valence-electron chi connectivity index (χ2n) is 7.41. The first-order chi connectivity index (χ1) is 16.9. The number of rotatable bonds is 9. The molecule has 0 aliphatic heterocycles. The molecule has 11 heteroatoms. The van der Waals surface area contributed by atoms with E-state index in [2.05, 4.69) is 20.2 Å². The van der Waals surface area contributed by atoms with Gasteiger partial charge in [0.2, 0.25) is 17.6 Å². The summed E-state index contributed by atoms with van der Waals surface area (Å²) in [5, 5.41) is 16.6. The van der Waals surface area contributed by atoms with Crippen molar-refractivity contribution in [1.82, 2.24) is 10.1 Å². The number of amides is 1. The summed E-state index contributed by atoms with van der Waals surface area (Å²) in [6, 6.07) is 19.4. The quantitative estimate of drug-likeness (QED) is 0.298. The van der Waals surface area contributed by atoms with Gasteiger partial charge in [-0.1, -0.05) is 47.6 Å². The Balaban J connectivity index is 1.42. The van der Waals surface area contributed by atoms with Gasteiger partial charge in [-0.2, -0.15) is 4.98 Å². The number of aryl methyl sites for hydroxylation is 1. The molecular weight excluding hydrogens is 472 g/mol. The molecule has 0 atom stereocenters. The topological polar surface area (TPSA) is 144 Å². The summed E-state index contributed by atoms with van der Waals surface area (Å²) in [7, 11) is -2.60. The third kappa shape index (κ3) is 5.76. The smallest absolute Gasteiger partial charge is 0.262 e. The van der Waals surface area contributed by atoms with Crippen LogP contribution in [0.1, 0.15) is 12.3 Å². The number of sulfonamides is 1. The fraction of sp³-hybridized carbons (Fsp3) is 0.125. The molecule has 0 fully saturated rings. The van der Waals surface area contributed by atoms with Crippen molar-refractivity contribution >= 4 is 27.3 Å². The van der Waals surface area contributed by atoms with E-state index < -0.39 is 15.9 Å². The van der Waals surface area contributed by atoms with E-state index in [4.69, 9.17) is 9.26 Å². The molecule has 1 aromatic heterocycles. The second-order valence-corrected chi connectivity index (χ2v) is 9.09. The third-order valence-corrected chi connectivity index (χ3v) is 6.33. The molecule has 35 heavy (non-hydrogen) atoms. The molecule has 10 nitrogen and oxygen atoms in total. The van der Waals surface area contributed by atoms with Crippen molar-refractivity contribution in [2.45, 2.75) is 17.7 Å². The van der Waals surface area contributed by atoms with E-state index in [9.17, 15) is 18.3 Å². The number of benzene rings is 3. The molecule has 0 unspecified atom stereocenters. The summed E-state index contributed by atoms with van der Waals surface area (Å²) in [6.45, 7) is 0. The van der Waals surface area contributed by atoms with Crippen LogP contribution in [0.25, 0.3) is 11.4 Å². The summed E-state index contributed by atoms with van der Waals surface area (Å²) in [5.74, 6) is 0.297. The van der Waals surface area contributed by atoms with Gasteiger partial charge in [-0.05, 0) is 30.3 Å². The van der Waals surface area contributed by atoms with Crippen LogP contribution in [0.15, 0.2) is 82.2 Å². The highest BCUT2D eigenvalue weighted by molar-refractivity contribution is 7.92. The maximum Gasteiger partial charge on any atom is 0.262 e. The summed E-state index contributed by atoms with van der Waals surface area (Å²) in [4.78, 5) is 16.6. The highest BCUT2D eigenvalue weighted by Crippen LogP contribution is 2.30. The number of ether oxygens (including phenoxy) is 1. The van der Waals surface area contributed by atoms with Gasteiger partial charge in [0, 0.05) is 18.4 Å². The number of nitrogens with one attached hydrogen (secondary N) is 2. The molecule has 1 heterocycles.